The van der Waals surface area contributed by atoms with E-state index in [4.69, 9.17) is 28.4 Å². The summed E-state index contributed by atoms with van der Waals surface area (Å²) < 4.78 is 53.4. The van der Waals surface area contributed by atoms with Crippen molar-refractivity contribution in [1.82, 2.24) is 20.5 Å². The van der Waals surface area contributed by atoms with Crippen molar-refractivity contribution < 1.29 is 41.9 Å². The van der Waals surface area contributed by atoms with Gasteiger partial charge in [-0.2, -0.15) is 0 Å². The number of halogens is 3. The number of hydrogen-bond acceptors (Lipinski definition) is 10. The second-order valence-electron chi connectivity index (χ2n) is 11.8. The zero-order valence-electron chi connectivity index (χ0n) is 27.0. The van der Waals surface area contributed by atoms with E-state index in [1.807, 2.05) is 20.8 Å². The Morgan fingerprint density at radius 2 is 1.28 bits per heavy atom. The number of benzene rings is 2. The lowest BCUT2D eigenvalue weighted by Gasteiger charge is -2.32. The Labute approximate surface area is 272 Å². The summed E-state index contributed by atoms with van der Waals surface area (Å²) in [6.45, 7) is 8.70. The number of carbonyl (C=O) groups excluding carboxylic acids is 1. The fourth-order valence-corrected chi connectivity index (χ4v) is 5.68. The highest BCUT2D eigenvalue weighted by Gasteiger charge is 2.30. The monoisotopic (exact) mass is 668 g/mol. The topological polar surface area (TPSA) is 132 Å². The number of carbonyl (C=O) groups is 1. The first kappa shape index (κ1) is 36.8. The van der Waals surface area contributed by atoms with Crippen LogP contribution >= 0.6 is 12.4 Å². The number of nitrogens with one attached hydrogen (secondary N) is 1. The quantitative estimate of drug-likeness (QED) is 0.246. The number of ether oxygens (including phenoxy) is 3. The maximum atomic E-state index is 13.8. The number of likely N-dealkylation sites (tertiary alicyclic amines) is 1. The molecule has 254 valence electrons. The average Bonchev–Trinajstić information content (AvgIpc) is 3.67. The summed E-state index contributed by atoms with van der Waals surface area (Å²) in [7, 11) is 3.84. The van der Waals surface area contributed by atoms with Crippen LogP contribution in [0.1, 0.15) is 69.7 Å². The predicted molar refractivity (Wildman–Crippen MR) is 171 cm³/mol. The third-order valence-electron chi connectivity index (χ3n) is 7.82. The molecule has 0 aliphatic carbocycles. The van der Waals surface area contributed by atoms with Gasteiger partial charge in [-0.15, -0.1) is 12.4 Å². The van der Waals surface area contributed by atoms with E-state index in [9.17, 15) is 13.6 Å². The molecule has 0 spiro atoms. The van der Waals surface area contributed by atoms with Gasteiger partial charge in [0.2, 0.25) is 22.7 Å². The Hall–Kier alpha value is -3.68. The van der Waals surface area contributed by atoms with Gasteiger partial charge in [0.25, 0.3) is 0 Å². The fourth-order valence-electron chi connectivity index (χ4n) is 5.68. The number of nitrogens with zero attached hydrogens (tertiary/aromatic N) is 3. The summed E-state index contributed by atoms with van der Waals surface area (Å²) in [5.41, 5.74) is 1.94. The number of piperidine rings is 2. The standard InChI is InChI=1S/C18H23FN2O4.C13H15FN2O2.CH4O.ClH/c1-18(2,3)24-17(22)21-9-7-11(8-10-21)14-12-5-6-13(19)16(23-4)15(12)25-20-14;1-17-13-10(14)3-2-9-11(16-18-12(9)13)8-4-6-15-7-5-8;1-2;/h5-6,11H,7-10H2,1-4H3;2-3,8,15H,4-7H2,1H3;2H,1H3;1H. The van der Waals surface area contributed by atoms with E-state index in [0.29, 0.717) is 30.2 Å². The van der Waals surface area contributed by atoms with Gasteiger partial charge in [-0.1, -0.05) is 10.3 Å². The molecule has 0 atom stereocenters. The predicted octanol–water partition coefficient (Wildman–Crippen LogP) is 6.56. The molecule has 1 amide bonds. The van der Waals surface area contributed by atoms with Gasteiger partial charge in [-0.3, -0.25) is 0 Å². The molecule has 2 aromatic carbocycles. The van der Waals surface area contributed by atoms with Gasteiger partial charge in [0, 0.05) is 42.8 Å². The Kier molecular flexibility index (Phi) is 13.0. The summed E-state index contributed by atoms with van der Waals surface area (Å²) in [6, 6.07) is 6.15. The van der Waals surface area contributed by atoms with Gasteiger partial charge >= 0.3 is 6.09 Å². The van der Waals surface area contributed by atoms with Crippen molar-refractivity contribution >= 4 is 40.4 Å². The SMILES string of the molecule is CO.COc1c(F)ccc2c(C3CCN(C(=O)OC(C)(C)C)CC3)noc12.COc1c(F)ccc2c(C3CCNCC3)noc12.Cl. The van der Waals surface area contributed by atoms with E-state index in [2.05, 4.69) is 15.6 Å². The molecular weight excluding hydrogens is 626 g/mol. The molecule has 0 radical (unpaired) electrons. The second kappa shape index (κ2) is 16.2. The lowest BCUT2D eigenvalue weighted by Crippen LogP contribution is -2.41. The van der Waals surface area contributed by atoms with E-state index < -0.39 is 17.2 Å². The van der Waals surface area contributed by atoms with Crippen molar-refractivity contribution in [3.05, 3.63) is 47.3 Å². The maximum absolute atomic E-state index is 13.8. The zero-order valence-corrected chi connectivity index (χ0v) is 27.8. The number of fused-ring (bicyclic) bond motifs is 2. The van der Waals surface area contributed by atoms with Crippen LogP contribution in [-0.4, -0.2) is 79.5 Å². The summed E-state index contributed by atoms with van der Waals surface area (Å²) in [5, 5.41) is 20.2. The highest BCUT2D eigenvalue weighted by Crippen LogP contribution is 2.38. The molecule has 11 nitrogen and oxygen atoms in total. The van der Waals surface area contributed by atoms with Crippen molar-refractivity contribution in [2.24, 2.45) is 0 Å². The molecule has 0 unspecified atom stereocenters. The molecule has 0 saturated carbocycles. The van der Waals surface area contributed by atoms with Gasteiger partial charge in [-0.05, 0) is 83.8 Å². The van der Waals surface area contributed by atoms with E-state index in [1.54, 1.807) is 17.0 Å². The molecule has 0 bridgehead atoms. The molecule has 2 aromatic heterocycles. The Morgan fingerprint density at radius 1 is 0.848 bits per heavy atom. The third-order valence-corrected chi connectivity index (χ3v) is 7.82. The number of hydrogen-bond donors (Lipinski definition) is 2. The number of amides is 1. The normalized spacial score (nSPS) is 15.7. The molecular formula is C32H43ClF2N4O7. The summed E-state index contributed by atoms with van der Waals surface area (Å²) in [4.78, 5) is 13.9. The number of methoxy groups -OCH3 is 2. The van der Waals surface area contributed by atoms with Gasteiger partial charge in [0.15, 0.2) is 11.6 Å². The van der Waals surface area contributed by atoms with Crippen molar-refractivity contribution in [2.75, 3.05) is 47.5 Å². The van der Waals surface area contributed by atoms with Crippen LogP contribution in [0.3, 0.4) is 0 Å². The average molecular weight is 669 g/mol. The second-order valence-corrected chi connectivity index (χ2v) is 11.8. The number of rotatable bonds is 4. The first-order valence-corrected chi connectivity index (χ1v) is 15.0. The Balaban J connectivity index is 0.000000243. The van der Waals surface area contributed by atoms with E-state index in [-0.39, 0.29) is 35.9 Å². The van der Waals surface area contributed by atoms with Crippen LogP contribution in [0.25, 0.3) is 21.9 Å². The molecule has 2 fully saturated rings. The first-order valence-electron chi connectivity index (χ1n) is 15.0. The third kappa shape index (κ3) is 8.18. The van der Waals surface area contributed by atoms with Gasteiger partial charge in [0.05, 0.1) is 25.6 Å². The van der Waals surface area contributed by atoms with Crippen LogP contribution in [0.15, 0.2) is 33.3 Å². The van der Waals surface area contributed by atoms with Crippen LogP contribution in [0.2, 0.25) is 0 Å². The number of aliphatic hydroxyl groups is 1. The highest BCUT2D eigenvalue weighted by molar-refractivity contribution is 5.86. The van der Waals surface area contributed by atoms with E-state index >= 15 is 0 Å². The van der Waals surface area contributed by atoms with Gasteiger partial charge in [0.1, 0.15) is 5.60 Å². The van der Waals surface area contributed by atoms with Crippen LogP contribution in [0.4, 0.5) is 13.6 Å². The largest absolute Gasteiger partial charge is 0.490 e. The molecule has 6 rings (SSSR count). The molecule has 2 aliphatic heterocycles. The molecule has 14 heteroatoms. The van der Waals surface area contributed by atoms with E-state index in [1.165, 1.54) is 26.4 Å². The van der Waals surface area contributed by atoms with Crippen molar-refractivity contribution in [2.45, 2.75) is 63.9 Å². The first-order chi connectivity index (χ1) is 21.6. The molecule has 2 N–H and O–H groups in total. The van der Waals surface area contributed by atoms with Gasteiger partial charge in [-0.25, -0.2) is 13.6 Å². The minimum Gasteiger partial charge on any atom is -0.490 e. The van der Waals surface area contributed by atoms with Crippen LogP contribution in [-0.2, 0) is 4.74 Å². The molecule has 2 aliphatic rings. The van der Waals surface area contributed by atoms with Crippen LogP contribution in [0.5, 0.6) is 11.5 Å². The molecule has 4 aromatic rings. The highest BCUT2D eigenvalue weighted by atomic mass is 35.5. The number of aliphatic hydroxyl groups excluding tert-OH is 1. The Morgan fingerprint density at radius 3 is 1.70 bits per heavy atom. The summed E-state index contributed by atoms with van der Waals surface area (Å²) in [5.74, 6) is -0.157. The fraction of sp³-hybridized carbons (Fsp3) is 0.531. The van der Waals surface area contributed by atoms with Crippen LogP contribution in [0, 0.1) is 11.6 Å². The zero-order chi connectivity index (χ0) is 32.7. The van der Waals surface area contributed by atoms with Crippen molar-refractivity contribution in [3.8, 4) is 11.5 Å². The minimum atomic E-state index is -0.503. The van der Waals surface area contributed by atoms with Crippen molar-refractivity contribution in [1.29, 1.82) is 0 Å². The molecule has 2 saturated heterocycles. The number of aromatic nitrogens is 2. The molecule has 46 heavy (non-hydrogen) atoms. The Bertz CT molecular complexity index is 1580. The van der Waals surface area contributed by atoms with Crippen molar-refractivity contribution in [3.63, 3.8) is 0 Å². The van der Waals surface area contributed by atoms with Gasteiger partial charge < -0.3 is 38.6 Å². The maximum Gasteiger partial charge on any atom is 0.410 e. The minimum absolute atomic E-state index is 0. The lowest BCUT2D eigenvalue weighted by molar-refractivity contribution is 0.0204. The smallest absolute Gasteiger partial charge is 0.410 e. The van der Waals surface area contributed by atoms with Crippen LogP contribution < -0.4 is 14.8 Å². The summed E-state index contributed by atoms with van der Waals surface area (Å²) in [6.07, 6.45) is 3.27. The molecule has 4 heterocycles. The lowest BCUT2D eigenvalue weighted by atomic mass is 9.92. The van der Waals surface area contributed by atoms with E-state index in [0.717, 1.165) is 68.0 Å². The summed E-state index contributed by atoms with van der Waals surface area (Å²) >= 11 is 0.